The second-order valence-corrected chi connectivity index (χ2v) is 6.92. The highest BCUT2D eigenvalue weighted by Gasteiger charge is 2.53. The third-order valence-electron chi connectivity index (χ3n) is 4.89. The van der Waals surface area contributed by atoms with Gasteiger partial charge in [-0.3, -0.25) is 24.1 Å². The van der Waals surface area contributed by atoms with Crippen LogP contribution in [0.4, 0.5) is 5.69 Å². The van der Waals surface area contributed by atoms with Gasteiger partial charge in [-0.2, -0.15) is 0 Å². The zero-order valence-electron chi connectivity index (χ0n) is 16.3. The van der Waals surface area contributed by atoms with Crippen LogP contribution in [0.5, 0.6) is 0 Å². The second kappa shape index (κ2) is 7.42. The summed E-state index contributed by atoms with van der Waals surface area (Å²) >= 11 is 0. The van der Waals surface area contributed by atoms with E-state index in [4.69, 9.17) is 4.74 Å². The number of nitrogens with zero attached hydrogens (tertiary/aromatic N) is 2. The lowest BCUT2D eigenvalue weighted by Gasteiger charge is -2.27. The molecule has 3 rings (SSSR count). The van der Waals surface area contributed by atoms with Gasteiger partial charge in [0.25, 0.3) is 11.5 Å². The van der Waals surface area contributed by atoms with Crippen LogP contribution in [0.25, 0.3) is 0 Å². The summed E-state index contributed by atoms with van der Waals surface area (Å²) in [7, 11) is 1.57. The van der Waals surface area contributed by atoms with Crippen LogP contribution in [-0.2, 0) is 26.2 Å². The topological polar surface area (TPSA) is 85.7 Å². The van der Waals surface area contributed by atoms with E-state index in [0.717, 1.165) is 5.56 Å². The number of ether oxygens (including phenoxy) is 1. The van der Waals surface area contributed by atoms with Crippen molar-refractivity contribution in [3.63, 3.8) is 0 Å². The lowest BCUT2D eigenvalue weighted by Crippen LogP contribution is -2.32. The minimum atomic E-state index is -1.26. The van der Waals surface area contributed by atoms with Crippen molar-refractivity contribution in [2.24, 2.45) is 13.0 Å². The third-order valence-corrected chi connectivity index (χ3v) is 4.89. The number of hydrogen-bond acceptors (Lipinski definition) is 5. The summed E-state index contributed by atoms with van der Waals surface area (Å²) < 4.78 is 6.43. The average Bonchev–Trinajstić information content (AvgIpc) is 2.91. The maximum Gasteiger partial charge on any atom is 0.319 e. The molecule has 2 unspecified atom stereocenters. The molecule has 1 aliphatic heterocycles. The van der Waals surface area contributed by atoms with Gasteiger partial charge in [-0.15, -0.1) is 0 Å². The van der Waals surface area contributed by atoms with Crippen LogP contribution in [0.1, 0.15) is 29.7 Å². The molecule has 1 amide bonds. The SMILES string of the molecule is CCOC(=O)C1C(=O)C(=O)N(c2cc(C)c(=O)n(C)c2)C1c1ccc(C)cc1. The summed E-state index contributed by atoms with van der Waals surface area (Å²) in [5.41, 5.74) is 2.28. The summed E-state index contributed by atoms with van der Waals surface area (Å²) in [6.07, 6.45) is 1.50. The molecule has 146 valence electrons. The van der Waals surface area contributed by atoms with Gasteiger partial charge in [-0.05, 0) is 32.4 Å². The number of anilines is 1. The molecule has 2 atom stereocenters. The number of rotatable bonds is 4. The minimum Gasteiger partial charge on any atom is -0.465 e. The van der Waals surface area contributed by atoms with Gasteiger partial charge in [0.15, 0.2) is 0 Å². The normalized spacial score (nSPS) is 19.2. The molecule has 0 radical (unpaired) electrons. The second-order valence-electron chi connectivity index (χ2n) is 6.92. The van der Waals surface area contributed by atoms with Crippen LogP contribution in [0.15, 0.2) is 41.3 Å². The standard InChI is InChI=1S/C21H22N2O5/c1-5-28-21(27)16-17(14-8-6-12(2)7-9-14)23(20(26)18(16)24)15-10-13(3)19(25)22(4)11-15/h6-11,16-17H,5H2,1-4H3. The molecular weight excluding hydrogens is 360 g/mol. The minimum absolute atomic E-state index is 0.108. The van der Waals surface area contributed by atoms with Gasteiger partial charge in [-0.25, -0.2) is 0 Å². The van der Waals surface area contributed by atoms with Crippen LogP contribution in [0.2, 0.25) is 0 Å². The number of hydrogen-bond donors (Lipinski definition) is 0. The Hall–Kier alpha value is -3.22. The maximum absolute atomic E-state index is 12.9. The smallest absolute Gasteiger partial charge is 0.319 e. The molecule has 28 heavy (non-hydrogen) atoms. The van der Waals surface area contributed by atoms with Crippen LogP contribution in [0, 0.1) is 19.8 Å². The van der Waals surface area contributed by atoms with Crippen molar-refractivity contribution in [2.75, 3.05) is 11.5 Å². The van der Waals surface area contributed by atoms with E-state index < -0.39 is 29.6 Å². The number of aryl methyl sites for hydroxylation is 3. The van der Waals surface area contributed by atoms with Crippen molar-refractivity contribution in [1.82, 2.24) is 4.57 Å². The fourth-order valence-corrected chi connectivity index (χ4v) is 3.51. The van der Waals surface area contributed by atoms with Crippen LogP contribution in [-0.4, -0.2) is 28.8 Å². The molecule has 7 nitrogen and oxygen atoms in total. The Kier molecular flexibility index (Phi) is 5.18. The summed E-state index contributed by atoms with van der Waals surface area (Å²) in [6, 6.07) is 8.02. The monoisotopic (exact) mass is 382 g/mol. The molecule has 0 spiro atoms. The number of pyridine rings is 1. The number of ketones is 1. The lowest BCUT2D eigenvalue weighted by molar-refractivity contribution is -0.152. The first-order chi connectivity index (χ1) is 13.3. The molecule has 0 aliphatic carbocycles. The molecule has 1 aliphatic rings. The van der Waals surface area contributed by atoms with E-state index in [9.17, 15) is 19.2 Å². The van der Waals surface area contributed by atoms with Gasteiger partial charge < -0.3 is 9.30 Å². The summed E-state index contributed by atoms with van der Waals surface area (Å²) in [6.45, 7) is 5.31. The molecule has 2 heterocycles. The van der Waals surface area contributed by atoms with Gasteiger partial charge in [0, 0.05) is 18.8 Å². The fraction of sp³-hybridized carbons (Fsp3) is 0.333. The van der Waals surface area contributed by atoms with E-state index in [2.05, 4.69) is 0 Å². The number of amides is 1. The maximum atomic E-state index is 12.9. The predicted molar refractivity (Wildman–Crippen MR) is 103 cm³/mol. The number of Topliss-reactive ketones (excluding diaryl/α,β-unsaturated/α-hetero) is 1. The molecule has 1 fully saturated rings. The van der Waals surface area contributed by atoms with Crippen molar-refractivity contribution in [3.8, 4) is 0 Å². The van der Waals surface area contributed by atoms with Gasteiger partial charge >= 0.3 is 5.97 Å². The van der Waals surface area contributed by atoms with Crippen molar-refractivity contribution < 1.29 is 19.1 Å². The zero-order valence-corrected chi connectivity index (χ0v) is 16.3. The van der Waals surface area contributed by atoms with Crippen molar-refractivity contribution in [1.29, 1.82) is 0 Å². The molecule has 0 bridgehead atoms. The Morgan fingerprint density at radius 1 is 1.11 bits per heavy atom. The Morgan fingerprint density at radius 3 is 2.32 bits per heavy atom. The lowest BCUT2D eigenvalue weighted by atomic mass is 9.92. The number of esters is 1. The summed E-state index contributed by atoms with van der Waals surface area (Å²) in [4.78, 5) is 51.5. The van der Waals surface area contributed by atoms with Crippen molar-refractivity contribution in [3.05, 3.63) is 63.6 Å². The van der Waals surface area contributed by atoms with Gasteiger partial charge in [0.05, 0.1) is 18.3 Å². The molecule has 1 aromatic heterocycles. The van der Waals surface area contributed by atoms with Gasteiger partial charge in [-0.1, -0.05) is 29.8 Å². The summed E-state index contributed by atoms with van der Waals surface area (Å²) in [5.74, 6) is -3.58. The first kappa shape index (κ1) is 19.5. The highest BCUT2D eigenvalue weighted by molar-refractivity contribution is 6.47. The average molecular weight is 382 g/mol. The third kappa shape index (κ3) is 3.24. The molecule has 1 saturated heterocycles. The molecule has 0 N–H and O–H groups in total. The van der Waals surface area contributed by atoms with Gasteiger partial charge in [0.1, 0.15) is 5.92 Å². The number of carbonyl (C=O) groups excluding carboxylic acids is 3. The molecule has 0 saturated carbocycles. The Balaban J connectivity index is 2.19. The first-order valence-electron chi connectivity index (χ1n) is 9.04. The van der Waals surface area contributed by atoms with E-state index in [1.165, 1.54) is 15.7 Å². The van der Waals surface area contributed by atoms with Gasteiger partial charge in [0.2, 0.25) is 5.78 Å². The highest BCUT2D eigenvalue weighted by Crippen LogP contribution is 2.40. The zero-order chi connectivity index (χ0) is 20.6. The Morgan fingerprint density at radius 2 is 1.75 bits per heavy atom. The fourth-order valence-electron chi connectivity index (χ4n) is 3.51. The van der Waals surface area contributed by atoms with Crippen LogP contribution < -0.4 is 10.5 Å². The predicted octanol–water partition coefficient (Wildman–Crippen LogP) is 1.84. The van der Waals surface area contributed by atoms with E-state index in [0.29, 0.717) is 16.8 Å². The van der Waals surface area contributed by atoms with Crippen molar-refractivity contribution in [2.45, 2.75) is 26.8 Å². The van der Waals surface area contributed by atoms with E-state index in [1.54, 1.807) is 39.1 Å². The molecule has 7 heteroatoms. The Bertz CT molecular complexity index is 980. The number of aromatic nitrogens is 1. The van der Waals surface area contributed by atoms with Crippen LogP contribution in [0.3, 0.4) is 0 Å². The highest BCUT2D eigenvalue weighted by atomic mass is 16.5. The molecule has 1 aromatic carbocycles. The first-order valence-corrected chi connectivity index (χ1v) is 9.04. The largest absolute Gasteiger partial charge is 0.465 e. The Labute approximate surface area is 162 Å². The quantitative estimate of drug-likeness (QED) is 0.458. The molecular formula is C21H22N2O5. The van der Waals surface area contributed by atoms with Crippen LogP contribution >= 0.6 is 0 Å². The number of carbonyl (C=O) groups is 3. The van der Waals surface area contributed by atoms with E-state index in [-0.39, 0.29) is 12.2 Å². The number of benzene rings is 1. The van der Waals surface area contributed by atoms with E-state index in [1.807, 2.05) is 19.1 Å². The van der Waals surface area contributed by atoms with E-state index >= 15 is 0 Å². The summed E-state index contributed by atoms with van der Waals surface area (Å²) in [5, 5.41) is 0. The molecule has 2 aromatic rings. The van der Waals surface area contributed by atoms with Crippen molar-refractivity contribution >= 4 is 23.3 Å².